The van der Waals surface area contributed by atoms with Crippen molar-refractivity contribution >= 4 is 11.6 Å². The van der Waals surface area contributed by atoms with E-state index in [4.69, 9.17) is 14.0 Å². The molecule has 0 saturated heterocycles. The first-order valence-corrected chi connectivity index (χ1v) is 7.45. The number of benzene rings is 2. The van der Waals surface area contributed by atoms with Gasteiger partial charge in [0.15, 0.2) is 13.2 Å². The Morgan fingerprint density at radius 3 is 2.88 bits per heavy atom. The van der Waals surface area contributed by atoms with Crippen LogP contribution in [0.1, 0.15) is 5.82 Å². The second kappa shape index (κ2) is 6.23. The van der Waals surface area contributed by atoms with Crippen LogP contribution in [0.2, 0.25) is 0 Å². The third kappa shape index (κ3) is 3.27. The highest BCUT2D eigenvalue weighted by molar-refractivity contribution is 5.95. The fourth-order valence-electron chi connectivity index (χ4n) is 2.32. The number of anilines is 1. The molecule has 0 atom stereocenters. The molecule has 1 aliphatic heterocycles. The van der Waals surface area contributed by atoms with E-state index in [1.54, 1.807) is 18.2 Å². The minimum absolute atomic E-state index is 0.0307. The highest BCUT2D eigenvalue weighted by Crippen LogP contribution is 2.32. The summed E-state index contributed by atoms with van der Waals surface area (Å²) in [6.07, 6.45) is 0. The fourth-order valence-corrected chi connectivity index (χ4v) is 2.32. The zero-order valence-electron chi connectivity index (χ0n) is 12.9. The maximum Gasteiger partial charge on any atom is 0.262 e. The zero-order chi connectivity index (χ0) is 17.2. The van der Waals surface area contributed by atoms with E-state index in [0.717, 1.165) is 0 Å². The molecule has 3 aromatic rings. The molecular weight excluding hydrogens is 329 g/mol. The smallest absolute Gasteiger partial charge is 0.262 e. The third-order valence-corrected chi connectivity index (χ3v) is 3.51. The number of carbonyl (C=O) groups is 1. The van der Waals surface area contributed by atoms with Gasteiger partial charge in [0.1, 0.15) is 17.3 Å². The molecular formula is C17H12FN3O4. The number of carbonyl (C=O) groups excluding carboxylic acids is 1. The van der Waals surface area contributed by atoms with Crippen LogP contribution in [0.5, 0.6) is 11.5 Å². The van der Waals surface area contributed by atoms with E-state index in [1.807, 2.05) is 0 Å². The molecule has 0 bridgehead atoms. The molecule has 0 spiro atoms. The predicted molar refractivity (Wildman–Crippen MR) is 84.6 cm³/mol. The SMILES string of the molecule is O=C1COc2cc(-c3nc(COc4ccc(F)cc4)no3)ccc2N1. The zero-order valence-corrected chi connectivity index (χ0v) is 12.9. The van der Waals surface area contributed by atoms with Gasteiger partial charge in [0.05, 0.1) is 5.69 Å². The lowest BCUT2D eigenvalue weighted by molar-refractivity contribution is -0.118. The van der Waals surface area contributed by atoms with Gasteiger partial charge in [-0.05, 0) is 42.5 Å². The van der Waals surface area contributed by atoms with Crippen LogP contribution in [0.15, 0.2) is 47.0 Å². The van der Waals surface area contributed by atoms with Crippen LogP contribution >= 0.6 is 0 Å². The summed E-state index contributed by atoms with van der Waals surface area (Å²) in [4.78, 5) is 15.5. The van der Waals surface area contributed by atoms with Crippen LogP contribution in [-0.4, -0.2) is 22.7 Å². The molecule has 0 radical (unpaired) electrons. The van der Waals surface area contributed by atoms with Crippen LogP contribution < -0.4 is 14.8 Å². The van der Waals surface area contributed by atoms with Crippen LogP contribution in [0, 0.1) is 5.82 Å². The Labute approximate surface area is 141 Å². The largest absolute Gasteiger partial charge is 0.485 e. The van der Waals surface area contributed by atoms with Gasteiger partial charge < -0.3 is 19.3 Å². The first-order valence-electron chi connectivity index (χ1n) is 7.45. The lowest BCUT2D eigenvalue weighted by Crippen LogP contribution is -2.25. The van der Waals surface area contributed by atoms with Gasteiger partial charge in [-0.25, -0.2) is 4.39 Å². The number of fused-ring (bicyclic) bond motifs is 1. The summed E-state index contributed by atoms with van der Waals surface area (Å²) in [7, 11) is 0. The van der Waals surface area contributed by atoms with Crippen molar-refractivity contribution in [2.75, 3.05) is 11.9 Å². The minimum atomic E-state index is -0.333. The molecule has 4 rings (SSSR count). The number of hydrogen-bond donors (Lipinski definition) is 1. The fraction of sp³-hybridized carbons (Fsp3) is 0.118. The van der Waals surface area contributed by atoms with Gasteiger partial charge in [-0.15, -0.1) is 0 Å². The van der Waals surface area contributed by atoms with Crippen molar-refractivity contribution in [3.8, 4) is 23.0 Å². The van der Waals surface area contributed by atoms with E-state index in [0.29, 0.717) is 34.5 Å². The summed E-state index contributed by atoms with van der Waals surface area (Å²) in [5.41, 5.74) is 1.26. The summed E-state index contributed by atoms with van der Waals surface area (Å²) in [5.74, 6) is 1.18. The highest BCUT2D eigenvalue weighted by Gasteiger charge is 2.18. The van der Waals surface area contributed by atoms with Crippen molar-refractivity contribution in [3.63, 3.8) is 0 Å². The second-order valence-electron chi connectivity index (χ2n) is 5.31. The summed E-state index contributed by atoms with van der Waals surface area (Å²) in [6.45, 7) is 0.0592. The number of hydrogen-bond acceptors (Lipinski definition) is 6. The molecule has 0 aliphatic carbocycles. The monoisotopic (exact) mass is 341 g/mol. The molecule has 0 fully saturated rings. The maximum atomic E-state index is 12.9. The Hall–Kier alpha value is -3.42. The molecule has 1 aromatic heterocycles. The third-order valence-electron chi connectivity index (χ3n) is 3.51. The molecule has 2 aromatic carbocycles. The molecule has 2 heterocycles. The number of amides is 1. The summed E-state index contributed by atoms with van der Waals surface area (Å²) >= 11 is 0. The molecule has 0 saturated carbocycles. The van der Waals surface area contributed by atoms with Gasteiger partial charge in [0.25, 0.3) is 11.8 Å². The minimum Gasteiger partial charge on any atom is -0.485 e. The van der Waals surface area contributed by atoms with Crippen LogP contribution in [0.3, 0.4) is 0 Å². The summed E-state index contributed by atoms with van der Waals surface area (Å²) in [6, 6.07) is 10.8. The second-order valence-corrected chi connectivity index (χ2v) is 5.31. The van der Waals surface area contributed by atoms with Crippen LogP contribution in [0.25, 0.3) is 11.5 Å². The number of halogens is 1. The lowest BCUT2D eigenvalue weighted by atomic mass is 10.1. The van der Waals surface area contributed by atoms with E-state index in [1.165, 1.54) is 24.3 Å². The topological polar surface area (TPSA) is 86.5 Å². The molecule has 126 valence electrons. The van der Waals surface area contributed by atoms with E-state index in [9.17, 15) is 9.18 Å². The van der Waals surface area contributed by atoms with Crippen molar-refractivity contribution in [1.29, 1.82) is 0 Å². The first kappa shape index (κ1) is 15.1. The van der Waals surface area contributed by atoms with E-state index < -0.39 is 0 Å². The predicted octanol–water partition coefficient (Wildman–Crippen LogP) is 2.79. The lowest BCUT2D eigenvalue weighted by Gasteiger charge is -2.17. The van der Waals surface area contributed by atoms with Gasteiger partial charge in [0, 0.05) is 5.56 Å². The Kier molecular flexibility index (Phi) is 3.77. The summed E-state index contributed by atoms with van der Waals surface area (Å²) < 4.78 is 28.9. The van der Waals surface area contributed by atoms with Crippen LogP contribution in [0.4, 0.5) is 10.1 Å². The molecule has 8 heteroatoms. The maximum absolute atomic E-state index is 12.9. The van der Waals surface area contributed by atoms with Gasteiger partial charge in [-0.2, -0.15) is 4.98 Å². The Balaban J connectivity index is 1.47. The number of nitrogens with one attached hydrogen (secondary N) is 1. The normalized spacial score (nSPS) is 12.9. The Morgan fingerprint density at radius 2 is 2.04 bits per heavy atom. The van der Waals surface area contributed by atoms with E-state index in [2.05, 4.69) is 15.5 Å². The Bertz CT molecular complexity index is 924. The van der Waals surface area contributed by atoms with Crippen molar-refractivity contribution in [2.24, 2.45) is 0 Å². The average Bonchev–Trinajstić information content (AvgIpc) is 3.10. The molecule has 1 aliphatic rings. The van der Waals surface area contributed by atoms with Crippen molar-refractivity contribution in [2.45, 2.75) is 6.61 Å². The van der Waals surface area contributed by atoms with Crippen molar-refractivity contribution in [3.05, 3.63) is 54.1 Å². The number of nitrogens with zero attached hydrogens (tertiary/aromatic N) is 2. The quantitative estimate of drug-likeness (QED) is 0.785. The molecule has 1 N–H and O–H groups in total. The molecule has 0 unspecified atom stereocenters. The van der Waals surface area contributed by atoms with Crippen molar-refractivity contribution < 1.29 is 23.2 Å². The number of rotatable bonds is 4. The summed E-state index contributed by atoms with van der Waals surface area (Å²) in [5, 5.41) is 6.56. The highest BCUT2D eigenvalue weighted by atomic mass is 19.1. The van der Waals surface area contributed by atoms with Crippen LogP contribution in [-0.2, 0) is 11.4 Å². The van der Waals surface area contributed by atoms with Crippen molar-refractivity contribution in [1.82, 2.24) is 10.1 Å². The van der Waals surface area contributed by atoms with Gasteiger partial charge in [-0.3, -0.25) is 4.79 Å². The molecule has 1 amide bonds. The van der Waals surface area contributed by atoms with Gasteiger partial charge >= 0.3 is 0 Å². The number of aromatic nitrogens is 2. The first-order chi connectivity index (χ1) is 12.2. The Morgan fingerprint density at radius 1 is 1.20 bits per heavy atom. The standard InChI is InChI=1S/C17H12FN3O4/c18-11-2-4-12(5-3-11)23-8-15-20-17(25-21-15)10-1-6-13-14(7-10)24-9-16(22)19-13/h1-7H,8-9H2,(H,19,22). The molecule has 25 heavy (non-hydrogen) atoms. The van der Waals surface area contributed by atoms with E-state index >= 15 is 0 Å². The van der Waals surface area contributed by atoms with E-state index in [-0.39, 0.29) is 24.9 Å². The molecule has 7 nitrogen and oxygen atoms in total. The van der Waals surface area contributed by atoms with Gasteiger partial charge in [0.2, 0.25) is 5.82 Å². The van der Waals surface area contributed by atoms with Gasteiger partial charge in [-0.1, -0.05) is 5.16 Å². The number of ether oxygens (including phenoxy) is 2. The average molecular weight is 341 g/mol.